The Hall–Kier alpha value is -1.76. The Kier molecular flexibility index (Phi) is 2.95. The van der Waals surface area contributed by atoms with Crippen molar-refractivity contribution in [3.8, 4) is 5.69 Å². The van der Waals surface area contributed by atoms with E-state index in [1.807, 2.05) is 12.1 Å². The molecule has 1 heteroatoms. The molecule has 0 unspecified atom stereocenters. The minimum absolute atomic E-state index is 1.04. The van der Waals surface area contributed by atoms with Gasteiger partial charge in [-0.3, -0.25) is 0 Å². The summed E-state index contributed by atoms with van der Waals surface area (Å²) >= 11 is 0. The maximum absolute atomic E-state index is 4.02. The topological polar surface area (TPSA) is 4.93 Å². The molecule has 1 nitrogen and oxygen atoms in total. The molecule has 0 aliphatic carbocycles. The number of hydrogen-bond acceptors (Lipinski definition) is 0. The summed E-state index contributed by atoms with van der Waals surface area (Å²) in [4.78, 5) is 0. The van der Waals surface area contributed by atoms with Gasteiger partial charge >= 0.3 is 0 Å². The van der Waals surface area contributed by atoms with Crippen molar-refractivity contribution in [3.05, 3.63) is 60.4 Å². The number of rotatable bonds is 3. The molecule has 0 bridgehead atoms. The summed E-state index contributed by atoms with van der Waals surface area (Å²) in [7, 11) is 0. The molecular formula is C15H17N. The van der Waals surface area contributed by atoms with E-state index in [0.29, 0.717) is 0 Å². The van der Waals surface area contributed by atoms with Gasteiger partial charge in [0, 0.05) is 18.1 Å². The lowest BCUT2D eigenvalue weighted by molar-refractivity contribution is 1.05. The van der Waals surface area contributed by atoms with Gasteiger partial charge in [-0.15, -0.1) is 0 Å². The Labute approximate surface area is 97.0 Å². The second kappa shape index (κ2) is 4.40. The largest absolute Gasteiger partial charge is 0.324 e. The van der Waals surface area contributed by atoms with Crippen molar-refractivity contribution in [1.29, 1.82) is 0 Å². The van der Waals surface area contributed by atoms with Crippen LogP contribution in [0.5, 0.6) is 0 Å². The van der Waals surface area contributed by atoms with Crippen LogP contribution < -0.4 is 0 Å². The average molecular weight is 211 g/mol. The van der Waals surface area contributed by atoms with Crippen molar-refractivity contribution in [2.75, 3.05) is 0 Å². The van der Waals surface area contributed by atoms with Crippen LogP contribution in [0.4, 0.5) is 0 Å². The summed E-state index contributed by atoms with van der Waals surface area (Å²) in [5.74, 6) is 0. The first kappa shape index (κ1) is 10.7. The minimum atomic E-state index is 1.04. The normalized spacial score (nSPS) is 10.4. The molecule has 1 heterocycles. The molecule has 0 aliphatic heterocycles. The molecule has 0 N–H and O–H groups in total. The molecule has 0 aliphatic rings. The van der Waals surface area contributed by atoms with Gasteiger partial charge in [-0.05, 0) is 48.7 Å². The quantitative estimate of drug-likeness (QED) is 0.721. The zero-order valence-electron chi connectivity index (χ0n) is 9.90. The van der Waals surface area contributed by atoms with Crippen molar-refractivity contribution in [1.82, 2.24) is 4.57 Å². The van der Waals surface area contributed by atoms with E-state index in [2.05, 4.69) is 55.6 Å². The van der Waals surface area contributed by atoms with E-state index in [-0.39, 0.29) is 0 Å². The molecule has 1 aromatic carbocycles. The fourth-order valence-electron chi connectivity index (χ4n) is 1.96. The highest BCUT2D eigenvalue weighted by Gasteiger charge is 2.03. The van der Waals surface area contributed by atoms with Gasteiger partial charge in [-0.25, -0.2) is 0 Å². The number of benzene rings is 1. The molecule has 0 spiro atoms. The Morgan fingerprint density at radius 3 is 2.50 bits per heavy atom. The fraction of sp³-hybridized carbons (Fsp3) is 0.200. The van der Waals surface area contributed by atoms with E-state index in [4.69, 9.17) is 0 Å². The lowest BCUT2D eigenvalue weighted by atomic mass is 9.99. The average Bonchev–Trinajstić information content (AvgIpc) is 2.81. The fourth-order valence-corrected chi connectivity index (χ4v) is 1.96. The summed E-state index contributed by atoms with van der Waals surface area (Å²) in [5, 5.41) is 0. The van der Waals surface area contributed by atoms with Crippen LogP contribution >= 0.6 is 0 Å². The van der Waals surface area contributed by atoms with E-state index >= 15 is 0 Å². The number of nitrogens with zero attached hydrogens (tertiary/aromatic N) is 1. The summed E-state index contributed by atoms with van der Waals surface area (Å²) in [6.45, 7) is 8.26. The zero-order valence-corrected chi connectivity index (χ0v) is 9.90. The van der Waals surface area contributed by atoms with Crippen molar-refractivity contribution in [2.24, 2.45) is 0 Å². The van der Waals surface area contributed by atoms with Gasteiger partial charge in [0.25, 0.3) is 0 Å². The highest BCUT2D eigenvalue weighted by molar-refractivity contribution is 5.66. The SMILES string of the molecule is C=C(C)c1ccc(-n2cccc2)cc1CC. The number of aromatic nitrogens is 1. The van der Waals surface area contributed by atoms with Crippen molar-refractivity contribution >= 4 is 5.57 Å². The van der Waals surface area contributed by atoms with Gasteiger partial charge in [0.05, 0.1) is 0 Å². The lowest BCUT2D eigenvalue weighted by Gasteiger charge is -2.11. The lowest BCUT2D eigenvalue weighted by Crippen LogP contribution is -1.95. The molecule has 2 aromatic rings. The Morgan fingerprint density at radius 1 is 1.25 bits per heavy atom. The summed E-state index contributed by atoms with van der Waals surface area (Å²) in [6.07, 6.45) is 5.17. The second-order valence-corrected chi connectivity index (χ2v) is 4.07. The van der Waals surface area contributed by atoms with E-state index < -0.39 is 0 Å². The standard InChI is InChI=1S/C15H17N/c1-4-13-11-14(16-9-5-6-10-16)7-8-15(13)12(2)3/h5-11H,2,4H2,1,3H3. The molecule has 0 amide bonds. The van der Waals surface area contributed by atoms with Gasteiger partial charge in [0.2, 0.25) is 0 Å². The van der Waals surface area contributed by atoms with Crippen molar-refractivity contribution in [2.45, 2.75) is 20.3 Å². The first-order chi connectivity index (χ1) is 7.72. The van der Waals surface area contributed by atoms with Gasteiger partial charge in [-0.1, -0.05) is 25.1 Å². The van der Waals surface area contributed by atoms with Crippen LogP contribution in [-0.2, 0) is 6.42 Å². The van der Waals surface area contributed by atoms with E-state index in [1.54, 1.807) is 0 Å². The van der Waals surface area contributed by atoms with Crippen LogP contribution in [0.2, 0.25) is 0 Å². The van der Waals surface area contributed by atoms with Gasteiger partial charge in [0.15, 0.2) is 0 Å². The predicted molar refractivity (Wildman–Crippen MR) is 69.9 cm³/mol. The molecule has 0 saturated carbocycles. The predicted octanol–water partition coefficient (Wildman–Crippen LogP) is 4.07. The monoisotopic (exact) mass is 211 g/mol. The molecule has 0 fully saturated rings. The van der Waals surface area contributed by atoms with Crippen molar-refractivity contribution < 1.29 is 0 Å². The number of aryl methyl sites for hydroxylation is 1. The van der Waals surface area contributed by atoms with Crippen LogP contribution in [0.15, 0.2) is 49.3 Å². The van der Waals surface area contributed by atoms with Gasteiger partial charge in [0.1, 0.15) is 0 Å². The zero-order chi connectivity index (χ0) is 11.5. The third-order valence-electron chi connectivity index (χ3n) is 2.83. The van der Waals surface area contributed by atoms with Gasteiger partial charge < -0.3 is 4.57 Å². The van der Waals surface area contributed by atoms with Crippen molar-refractivity contribution in [3.63, 3.8) is 0 Å². The molecule has 0 atom stereocenters. The summed E-state index contributed by atoms with van der Waals surface area (Å²) < 4.78 is 2.13. The smallest absolute Gasteiger partial charge is 0.0452 e. The molecular weight excluding hydrogens is 194 g/mol. The van der Waals surface area contributed by atoms with Crippen LogP contribution in [-0.4, -0.2) is 4.57 Å². The van der Waals surface area contributed by atoms with Crippen LogP contribution in [0.3, 0.4) is 0 Å². The highest BCUT2D eigenvalue weighted by Crippen LogP contribution is 2.21. The van der Waals surface area contributed by atoms with Crippen LogP contribution in [0.25, 0.3) is 11.3 Å². The molecule has 2 rings (SSSR count). The molecule has 1 aromatic heterocycles. The first-order valence-electron chi connectivity index (χ1n) is 5.64. The highest BCUT2D eigenvalue weighted by atomic mass is 14.9. The molecule has 82 valence electrons. The molecule has 0 radical (unpaired) electrons. The van der Waals surface area contributed by atoms with E-state index in [9.17, 15) is 0 Å². The van der Waals surface area contributed by atoms with Crippen LogP contribution in [0.1, 0.15) is 25.0 Å². The maximum Gasteiger partial charge on any atom is 0.0452 e. The Bertz CT molecular complexity index is 492. The summed E-state index contributed by atoms with van der Waals surface area (Å²) in [5.41, 5.74) is 4.99. The second-order valence-electron chi connectivity index (χ2n) is 4.07. The number of allylic oxidation sites excluding steroid dienone is 1. The van der Waals surface area contributed by atoms with E-state index in [1.165, 1.54) is 16.8 Å². The third kappa shape index (κ3) is 1.94. The van der Waals surface area contributed by atoms with E-state index in [0.717, 1.165) is 12.0 Å². The maximum atomic E-state index is 4.02. The third-order valence-corrected chi connectivity index (χ3v) is 2.83. The Balaban J connectivity index is 2.49. The first-order valence-corrected chi connectivity index (χ1v) is 5.64. The molecule has 16 heavy (non-hydrogen) atoms. The Morgan fingerprint density at radius 2 is 1.94 bits per heavy atom. The minimum Gasteiger partial charge on any atom is -0.324 e. The van der Waals surface area contributed by atoms with Crippen LogP contribution in [0, 0.1) is 0 Å². The summed E-state index contributed by atoms with van der Waals surface area (Å²) in [6, 6.07) is 10.6. The molecule has 0 saturated heterocycles. The van der Waals surface area contributed by atoms with Gasteiger partial charge in [-0.2, -0.15) is 0 Å². The number of hydrogen-bond donors (Lipinski definition) is 0.